The zero-order valence-corrected chi connectivity index (χ0v) is 23.3. The van der Waals surface area contributed by atoms with Gasteiger partial charge < -0.3 is 0 Å². The molecule has 0 amide bonds. The first-order valence-corrected chi connectivity index (χ1v) is 13.6. The molecule has 3 heterocycles. The van der Waals surface area contributed by atoms with Crippen molar-refractivity contribution in [3.05, 3.63) is 131 Å². The van der Waals surface area contributed by atoms with Crippen molar-refractivity contribution < 1.29 is 0 Å². The standard InChI is InChI=1S/C32H20Br2N4/c33-28-17-27(18-29(34)19-28)31-20-30(25-5-1-21(2-6-25)23-9-13-35-14-10-23)37-32(38-31)26-7-3-22(4-8-26)24-11-15-36-16-12-24/h1-20H. The number of benzene rings is 3. The second-order valence-corrected chi connectivity index (χ2v) is 10.6. The smallest absolute Gasteiger partial charge is 0.160 e. The van der Waals surface area contributed by atoms with Crippen LogP contribution in [0.2, 0.25) is 0 Å². The van der Waals surface area contributed by atoms with E-state index >= 15 is 0 Å². The molecule has 0 fully saturated rings. The number of halogens is 2. The summed E-state index contributed by atoms with van der Waals surface area (Å²) in [6, 6.07) is 33.0. The van der Waals surface area contributed by atoms with Gasteiger partial charge in [0.25, 0.3) is 0 Å². The minimum Gasteiger partial charge on any atom is -0.265 e. The van der Waals surface area contributed by atoms with Crippen LogP contribution in [0.15, 0.2) is 131 Å². The summed E-state index contributed by atoms with van der Waals surface area (Å²) in [4.78, 5) is 18.2. The Labute approximate surface area is 237 Å². The minimum absolute atomic E-state index is 0.674. The van der Waals surface area contributed by atoms with E-state index in [0.717, 1.165) is 59.3 Å². The van der Waals surface area contributed by atoms with E-state index in [9.17, 15) is 0 Å². The maximum atomic E-state index is 4.99. The number of rotatable bonds is 5. The van der Waals surface area contributed by atoms with Crippen molar-refractivity contribution in [3.8, 4) is 56.2 Å². The van der Waals surface area contributed by atoms with Crippen LogP contribution in [0.5, 0.6) is 0 Å². The summed E-state index contributed by atoms with van der Waals surface area (Å²) in [6.45, 7) is 0. The van der Waals surface area contributed by atoms with Crippen LogP contribution in [0.3, 0.4) is 0 Å². The van der Waals surface area contributed by atoms with Crippen molar-refractivity contribution in [3.63, 3.8) is 0 Å². The van der Waals surface area contributed by atoms with Gasteiger partial charge in [-0.15, -0.1) is 0 Å². The van der Waals surface area contributed by atoms with Crippen LogP contribution in [-0.2, 0) is 0 Å². The summed E-state index contributed by atoms with van der Waals surface area (Å²) in [6.07, 6.45) is 7.22. The molecule has 0 saturated carbocycles. The van der Waals surface area contributed by atoms with Crippen LogP contribution in [0.4, 0.5) is 0 Å². The van der Waals surface area contributed by atoms with Crippen LogP contribution in [0, 0.1) is 0 Å². The normalized spacial score (nSPS) is 10.9. The summed E-state index contributed by atoms with van der Waals surface area (Å²) in [5, 5.41) is 0. The fourth-order valence-corrected chi connectivity index (χ4v) is 5.60. The van der Waals surface area contributed by atoms with E-state index in [2.05, 4.69) is 102 Å². The van der Waals surface area contributed by atoms with Crippen LogP contribution in [0.25, 0.3) is 56.2 Å². The van der Waals surface area contributed by atoms with Gasteiger partial charge in [-0.25, -0.2) is 9.97 Å². The summed E-state index contributed by atoms with van der Waals surface area (Å²) < 4.78 is 1.96. The van der Waals surface area contributed by atoms with Gasteiger partial charge in [0.15, 0.2) is 5.82 Å². The Morgan fingerprint density at radius 3 is 1.26 bits per heavy atom. The fraction of sp³-hybridized carbons (Fsp3) is 0. The lowest BCUT2D eigenvalue weighted by Crippen LogP contribution is -1.96. The minimum atomic E-state index is 0.674. The third-order valence-corrected chi connectivity index (χ3v) is 7.15. The van der Waals surface area contributed by atoms with E-state index in [1.54, 1.807) is 12.4 Å². The third-order valence-electron chi connectivity index (χ3n) is 6.24. The molecule has 3 aromatic carbocycles. The molecular weight excluding hydrogens is 600 g/mol. The number of hydrogen-bond donors (Lipinski definition) is 0. The maximum Gasteiger partial charge on any atom is 0.160 e. The molecule has 6 aromatic rings. The van der Waals surface area contributed by atoms with E-state index in [-0.39, 0.29) is 0 Å². The second kappa shape index (κ2) is 10.8. The summed E-state index contributed by atoms with van der Waals surface area (Å²) in [5.74, 6) is 0.674. The second-order valence-electron chi connectivity index (χ2n) is 8.75. The van der Waals surface area contributed by atoms with Gasteiger partial charge in [-0.05, 0) is 70.8 Å². The largest absolute Gasteiger partial charge is 0.265 e. The van der Waals surface area contributed by atoms with Gasteiger partial charge in [-0.3, -0.25) is 9.97 Å². The Morgan fingerprint density at radius 1 is 0.368 bits per heavy atom. The molecule has 0 bridgehead atoms. The molecule has 4 nitrogen and oxygen atoms in total. The Balaban J connectivity index is 1.44. The van der Waals surface area contributed by atoms with Crippen molar-refractivity contribution in [2.45, 2.75) is 0 Å². The van der Waals surface area contributed by atoms with Crippen molar-refractivity contribution >= 4 is 31.9 Å². The predicted octanol–water partition coefficient (Wildman–Crippen LogP) is 9.13. The average molecular weight is 620 g/mol. The Morgan fingerprint density at radius 2 is 0.763 bits per heavy atom. The van der Waals surface area contributed by atoms with Crippen LogP contribution in [0.1, 0.15) is 0 Å². The molecular formula is C32H20Br2N4. The van der Waals surface area contributed by atoms with Gasteiger partial charge in [0.2, 0.25) is 0 Å². The zero-order valence-electron chi connectivity index (χ0n) is 20.1. The number of nitrogens with zero attached hydrogens (tertiary/aromatic N) is 4. The molecule has 0 unspecified atom stereocenters. The molecule has 0 spiro atoms. The zero-order chi connectivity index (χ0) is 25.9. The number of aromatic nitrogens is 4. The average Bonchev–Trinajstić information content (AvgIpc) is 2.97. The van der Waals surface area contributed by atoms with E-state index in [4.69, 9.17) is 9.97 Å². The predicted molar refractivity (Wildman–Crippen MR) is 160 cm³/mol. The fourth-order valence-electron chi connectivity index (χ4n) is 4.31. The highest BCUT2D eigenvalue weighted by molar-refractivity contribution is 9.11. The molecule has 0 aliphatic carbocycles. The Hall–Kier alpha value is -4.00. The molecule has 0 aliphatic rings. The van der Waals surface area contributed by atoms with Gasteiger partial charge in [-0.2, -0.15) is 0 Å². The number of pyridine rings is 2. The lowest BCUT2D eigenvalue weighted by molar-refractivity contribution is 1.18. The van der Waals surface area contributed by atoms with Crippen LogP contribution >= 0.6 is 31.9 Å². The van der Waals surface area contributed by atoms with Gasteiger partial charge in [0.05, 0.1) is 11.4 Å². The molecule has 0 saturated heterocycles. The van der Waals surface area contributed by atoms with Crippen molar-refractivity contribution in [1.82, 2.24) is 19.9 Å². The quantitative estimate of drug-likeness (QED) is 0.193. The van der Waals surface area contributed by atoms with Crippen molar-refractivity contribution in [2.24, 2.45) is 0 Å². The molecule has 3 aromatic heterocycles. The van der Waals surface area contributed by atoms with E-state index in [1.807, 2.05) is 48.8 Å². The first-order valence-electron chi connectivity index (χ1n) is 12.0. The molecule has 0 radical (unpaired) electrons. The molecule has 0 N–H and O–H groups in total. The third kappa shape index (κ3) is 5.32. The lowest BCUT2D eigenvalue weighted by atomic mass is 10.0. The summed E-state index contributed by atoms with van der Waals surface area (Å²) in [5.41, 5.74) is 9.19. The topological polar surface area (TPSA) is 51.6 Å². The summed E-state index contributed by atoms with van der Waals surface area (Å²) >= 11 is 7.23. The molecule has 182 valence electrons. The Bertz CT molecular complexity index is 1580. The van der Waals surface area contributed by atoms with Crippen molar-refractivity contribution in [1.29, 1.82) is 0 Å². The van der Waals surface area contributed by atoms with Crippen LogP contribution in [-0.4, -0.2) is 19.9 Å². The monoisotopic (exact) mass is 618 g/mol. The van der Waals surface area contributed by atoms with E-state index < -0.39 is 0 Å². The SMILES string of the molecule is Brc1cc(Br)cc(-c2cc(-c3ccc(-c4ccncc4)cc3)nc(-c3ccc(-c4ccncc4)cc3)n2)c1. The first-order chi connectivity index (χ1) is 18.6. The maximum absolute atomic E-state index is 4.99. The number of hydrogen-bond acceptors (Lipinski definition) is 4. The molecule has 6 heteroatoms. The highest BCUT2D eigenvalue weighted by Gasteiger charge is 2.12. The van der Waals surface area contributed by atoms with Gasteiger partial charge in [-0.1, -0.05) is 80.4 Å². The first kappa shape index (κ1) is 24.3. The lowest BCUT2D eigenvalue weighted by Gasteiger charge is -2.11. The van der Waals surface area contributed by atoms with Gasteiger partial charge in [0.1, 0.15) is 0 Å². The molecule has 38 heavy (non-hydrogen) atoms. The van der Waals surface area contributed by atoms with E-state index in [1.165, 1.54) is 0 Å². The molecule has 6 rings (SSSR count). The van der Waals surface area contributed by atoms with E-state index in [0.29, 0.717) is 5.82 Å². The van der Waals surface area contributed by atoms with Crippen molar-refractivity contribution in [2.75, 3.05) is 0 Å². The van der Waals surface area contributed by atoms with Crippen LogP contribution < -0.4 is 0 Å². The highest BCUT2D eigenvalue weighted by atomic mass is 79.9. The Kier molecular flexibility index (Phi) is 6.90. The molecule has 0 atom stereocenters. The molecule has 0 aliphatic heterocycles. The summed E-state index contributed by atoms with van der Waals surface area (Å²) in [7, 11) is 0. The highest BCUT2D eigenvalue weighted by Crippen LogP contribution is 2.32. The van der Waals surface area contributed by atoms with Gasteiger partial charge >= 0.3 is 0 Å². The van der Waals surface area contributed by atoms with Gasteiger partial charge in [0, 0.05) is 50.4 Å².